The standard InChI is InChI=1S/C23H29N5O/c1-4-5-20-13-22(29)25-23(24-20)19-8-6-18(7-9-19)14-27-11-10-21(15-27)28-17(3)12-16(2)26-28/h6-9,12-13,21H,4-5,10-11,14-15H2,1-3H3,(H,24,25,29). The van der Waals surface area contributed by atoms with Gasteiger partial charge in [0.2, 0.25) is 0 Å². The molecule has 1 saturated heterocycles. The minimum absolute atomic E-state index is 0.0882. The molecule has 1 N–H and O–H groups in total. The van der Waals surface area contributed by atoms with E-state index in [4.69, 9.17) is 0 Å². The van der Waals surface area contributed by atoms with E-state index in [1.165, 1.54) is 11.3 Å². The van der Waals surface area contributed by atoms with Crippen LogP contribution in [-0.4, -0.2) is 37.7 Å². The molecule has 2 aromatic heterocycles. The molecule has 6 nitrogen and oxygen atoms in total. The first kappa shape index (κ1) is 19.6. The van der Waals surface area contributed by atoms with Gasteiger partial charge in [0.15, 0.2) is 0 Å². The van der Waals surface area contributed by atoms with Gasteiger partial charge in [0.05, 0.1) is 11.7 Å². The number of benzene rings is 1. The first-order valence-corrected chi connectivity index (χ1v) is 10.5. The molecule has 0 spiro atoms. The quantitative estimate of drug-likeness (QED) is 0.696. The Morgan fingerprint density at radius 3 is 2.66 bits per heavy atom. The number of aryl methyl sites for hydroxylation is 3. The van der Waals surface area contributed by atoms with E-state index in [2.05, 4.69) is 75.8 Å². The molecule has 29 heavy (non-hydrogen) atoms. The van der Waals surface area contributed by atoms with Crippen molar-refractivity contribution in [1.82, 2.24) is 24.6 Å². The second-order valence-electron chi connectivity index (χ2n) is 8.08. The van der Waals surface area contributed by atoms with E-state index in [0.29, 0.717) is 11.9 Å². The highest BCUT2D eigenvalue weighted by Gasteiger charge is 2.25. The minimum atomic E-state index is -0.0882. The van der Waals surface area contributed by atoms with Gasteiger partial charge < -0.3 is 4.98 Å². The molecule has 6 heteroatoms. The summed E-state index contributed by atoms with van der Waals surface area (Å²) in [4.78, 5) is 21.9. The second-order valence-corrected chi connectivity index (χ2v) is 8.08. The third-order valence-electron chi connectivity index (χ3n) is 5.57. The Morgan fingerprint density at radius 2 is 1.97 bits per heavy atom. The number of nitrogens with zero attached hydrogens (tertiary/aromatic N) is 4. The lowest BCUT2D eigenvalue weighted by Crippen LogP contribution is -2.22. The maximum atomic E-state index is 11.9. The Morgan fingerprint density at radius 1 is 1.17 bits per heavy atom. The lowest BCUT2D eigenvalue weighted by atomic mass is 10.1. The fraction of sp³-hybridized carbons (Fsp3) is 0.435. The van der Waals surface area contributed by atoms with Crippen LogP contribution in [0.5, 0.6) is 0 Å². The summed E-state index contributed by atoms with van der Waals surface area (Å²) in [5.74, 6) is 0.651. The van der Waals surface area contributed by atoms with Crippen LogP contribution in [0.2, 0.25) is 0 Å². The SMILES string of the molecule is CCCc1cc(=O)[nH]c(-c2ccc(CN3CCC(n4nc(C)cc4C)C3)cc2)n1. The molecule has 1 atom stereocenters. The van der Waals surface area contributed by atoms with E-state index < -0.39 is 0 Å². The van der Waals surface area contributed by atoms with Crippen LogP contribution in [0.15, 0.2) is 41.2 Å². The van der Waals surface area contributed by atoms with Gasteiger partial charge >= 0.3 is 0 Å². The van der Waals surface area contributed by atoms with Crippen molar-refractivity contribution in [2.45, 2.75) is 52.6 Å². The van der Waals surface area contributed by atoms with Crippen molar-refractivity contribution >= 4 is 0 Å². The summed E-state index contributed by atoms with van der Waals surface area (Å²) in [6.45, 7) is 9.31. The zero-order valence-corrected chi connectivity index (χ0v) is 17.5. The predicted molar refractivity (Wildman–Crippen MR) is 115 cm³/mol. The van der Waals surface area contributed by atoms with Crippen LogP contribution in [0.25, 0.3) is 11.4 Å². The molecule has 1 fully saturated rings. The van der Waals surface area contributed by atoms with Gasteiger partial charge in [0.25, 0.3) is 5.56 Å². The average molecular weight is 392 g/mol. The van der Waals surface area contributed by atoms with Gasteiger partial charge in [0, 0.05) is 42.7 Å². The third-order valence-corrected chi connectivity index (χ3v) is 5.57. The van der Waals surface area contributed by atoms with Crippen LogP contribution in [0.1, 0.15) is 48.5 Å². The first-order valence-electron chi connectivity index (χ1n) is 10.5. The molecule has 0 radical (unpaired) electrons. The lowest BCUT2D eigenvalue weighted by Gasteiger charge is -2.17. The van der Waals surface area contributed by atoms with Crippen molar-refractivity contribution < 1.29 is 0 Å². The Bertz CT molecular complexity index is 1030. The van der Waals surface area contributed by atoms with E-state index in [9.17, 15) is 4.79 Å². The van der Waals surface area contributed by atoms with Crippen LogP contribution in [0.4, 0.5) is 0 Å². The van der Waals surface area contributed by atoms with Gasteiger partial charge in [-0.1, -0.05) is 37.6 Å². The molecule has 3 heterocycles. The summed E-state index contributed by atoms with van der Waals surface area (Å²) in [5, 5.41) is 4.66. The zero-order valence-electron chi connectivity index (χ0n) is 17.5. The zero-order chi connectivity index (χ0) is 20.4. The molecule has 0 saturated carbocycles. The topological polar surface area (TPSA) is 66.8 Å². The molecule has 1 aromatic carbocycles. The van der Waals surface area contributed by atoms with Crippen LogP contribution >= 0.6 is 0 Å². The number of aromatic amines is 1. The van der Waals surface area contributed by atoms with Gasteiger partial charge in [-0.15, -0.1) is 0 Å². The molecule has 1 aliphatic heterocycles. The van der Waals surface area contributed by atoms with Crippen molar-refractivity contribution in [2.75, 3.05) is 13.1 Å². The van der Waals surface area contributed by atoms with E-state index >= 15 is 0 Å². The smallest absolute Gasteiger partial charge is 0.251 e. The van der Waals surface area contributed by atoms with Crippen molar-refractivity contribution in [3.05, 3.63) is 69.4 Å². The molecule has 0 aliphatic carbocycles. The monoisotopic (exact) mass is 391 g/mol. The highest BCUT2D eigenvalue weighted by Crippen LogP contribution is 2.25. The third kappa shape index (κ3) is 4.48. The molecule has 152 valence electrons. The van der Waals surface area contributed by atoms with Crippen molar-refractivity contribution in [2.24, 2.45) is 0 Å². The highest BCUT2D eigenvalue weighted by molar-refractivity contribution is 5.55. The molecule has 4 rings (SSSR count). The van der Waals surface area contributed by atoms with Crippen molar-refractivity contribution in [1.29, 1.82) is 0 Å². The summed E-state index contributed by atoms with van der Waals surface area (Å²) in [5.41, 5.74) is 5.31. The number of aromatic nitrogens is 4. The number of hydrogen-bond donors (Lipinski definition) is 1. The van der Waals surface area contributed by atoms with Gasteiger partial charge in [-0.05, 0) is 38.3 Å². The van der Waals surface area contributed by atoms with Crippen LogP contribution in [0, 0.1) is 13.8 Å². The summed E-state index contributed by atoms with van der Waals surface area (Å²) in [6.07, 6.45) is 2.93. The second kappa shape index (κ2) is 8.33. The van der Waals surface area contributed by atoms with Crippen LogP contribution in [0.3, 0.4) is 0 Å². The molecule has 0 amide bonds. The molecule has 3 aromatic rings. The van der Waals surface area contributed by atoms with Crippen LogP contribution in [-0.2, 0) is 13.0 Å². The first-order chi connectivity index (χ1) is 14.0. The largest absolute Gasteiger partial charge is 0.307 e. The van der Waals surface area contributed by atoms with E-state index in [1.807, 2.05) is 0 Å². The average Bonchev–Trinajstić information content (AvgIpc) is 3.27. The maximum absolute atomic E-state index is 11.9. The lowest BCUT2D eigenvalue weighted by molar-refractivity contribution is 0.310. The van der Waals surface area contributed by atoms with Crippen molar-refractivity contribution in [3.63, 3.8) is 0 Å². The van der Waals surface area contributed by atoms with Gasteiger partial charge in [-0.3, -0.25) is 14.4 Å². The number of hydrogen-bond acceptors (Lipinski definition) is 4. The Kier molecular flexibility index (Phi) is 5.62. The molecular weight excluding hydrogens is 362 g/mol. The van der Waals surface area contributed by atoms with Gasteiger partial charge in [0.1, 0.15) is 5.82 Å². The Labute approximate surface area is 171 Å². The molecular formula is C23H29N5O. The number of likely N-dealkylation sites (tertiary alicyclic amines) is 1. The van der Waals surface area contributed by atoms with E-state index in [-0.39, 0.29) is 5.56 Å². The normalized spacial score (nSPS) is 17.1. The fourth-order valence-electron chi connectivity index (χ4n) is 4.23. The van der Waals surface area contributed by atoms with Crippen molar-refractivity contribution in [3.8, 4) is 11.4 Å². The number of H-pyrrole nitrogens is 1. The Hall–Kier alpha value is -2.73. The van der Waals surface area contributed by atoms with Gasteiger partial charge in [-0.2, -0.15) is 5.10 Å². The summed E-state index contributed by atoms with van der Waals surface area (Å²) < 4.78 is 2.18. The molecule has 0 bridgehead atoms. The summed E-state index contributed by atoms with van der Waals surface area (Å²) >= 11 is 0. The van der Waals surface area contributed by atoms with E-state index in [1.54, 1.807) is 6.07 Å². The van der Waals surface area contributed by atoms with Crippen LogP contribution < -0.4 is 5.56 Å². The molecule has 1 aliphatic rings. The summed E-state index contributed by atoms with van der Waals surface area (Å²) in [7, 11) is 0. The summed E-state index contributed by atoms with van der Waals surface area (Å²) in [6, 6.07) is 12.6. The van der Waals surface area contributed by atoms with Gasteiger partial charge in [-0.25, -0.2) is 4.98 Å². The fourth-order valence-corrected chi connectivity index (χ4v) is 4.23. The number of rotatable bonds is 6. The highest BCUT2D eigenvalue weighted by atomic mass is 16.1. The molecule has 1 unspecified atom stereocenters. The number of nitrogens with one attached hydrogen (secondary N) is 1. The predicted octanol–water partition coefficient (Wildman–Crippen LogP) is 3.65. The van der Waals surface area contributed by atoms with E-state index in [0.717, 1.165) is 55.8 Å². The minimum Gasteiger partial charge on any atom is -0.307 e. The Balaban J connectivity index is 1.43. The maximum Gasteiger partial charge on any atom is 0.251 e.